The van der Waals surface area contributed by atoms with Crippen LogP contribution in [0.2, 0.25) is 5.02 Å². The summed E-state index contributed by atoms with van der Waals surface area (Å²) < 4.78 is 20.9. The molecule has 0 radical (unpaired) electrons. The molecule has 1 aromatic carbocycles. The van der Waals surface area contributed by atoms with Gasteiger partial charge in [-0.15, -0.1) is 0 Å². The number of esters is 1. The molecule has 1 N–H and O–H groups in total. The summed E-state index contributed by atoms with van der Waals surface area (Å²) in [6, 6.07) is 9.02. The summed E-state index contributed by atoms with van der Waals surface area (Å²) in [7, 11) is 1.26. The fourth-order valence-electron chi connectivity index (χ4n) is 3.34. The third-order valence-corrected chi connectivity index (χ3v) is 5.16. The van der Waals surface area contributed by atoms with Crippen molar-refractivity contribution in [2.24, 2.45) is 0 Å². The quantitative estimate of drug-likeness (QED) is 0.664. The van der Waals surface area contributed by atoms with Gasteiger partial charge in [-0.2, -0.15) is 5.10 Å². The predicted molar refractivity (Wildman–Crippen MR) is 106 cm³/mol. The van der Waals surface area contributed by atoms with Crippen LogP contribution in [0.25, 0.3) is 16.8 Å². The molecule has 0 unspecified atom stereocenters. The smallest absolute Gasteiger partial charge is 0.356 e. The molecule has 150 valence electrons. The maximum Gasteiger partial charge on any atom is 0.356 e. The second-order valence-corrected chi connectivity index (χ2v) is 7.03. The molecule has 4 rings (SSSR count). The van der Waals surface area contributed by atoms with Crippen molar-refractivity contribution in [3.8, 4) is 11.3 Å². The first kappa shape index (κ1) is 19.4. The topological polar surface area (TPSA) is 75.9 Å². The van der Waals surface area contributed by atoms with E-state index >= 15 is 0 Å². The molecule has 1 aliphatic rings. The van der Waals surface area contributed by atoms with Crippen LogP contribution in [0, 0.1) is 5.82 Å². The van der Waals surface area contributed by atoms with Crippen LogP contribution in [0.4, 0.5) is 4.39 Å². The van der Waals surface area contributed by atoms with E-state index in [4.69, 9.17) is 16.3 Å². The number of carbonyl (C=O) groups excluding carboxylic acids is 2. The fourth-order valence-corrected chi connectivity index (χ4v) is 3.59. The lowest BCUT2D eigenvalue weighted by molar-refractivity contribution is 0.0591. The van der Waals surface area contributed by atoms with Crippen LogP contribution < -0.4 is 5.32 Å². The Morgan fingerprint density at radius 3 is 2.62 bits per heavy atom. The van der Waals surface area contributed by atoms with Crippen molar-refractivity contribution in [1.29, 1.82) is 0 Å². The molecule has 1 fully saturated rings. The maximum absolute atomic E-state index is 14.8. The van der Waals surface area contributed by atoms with Crippen molar-refractivity contribution in [2.45, 2.75) is 0 Å². The summed E-state index contributed by atoms with van der Waals surface area (Å²) in [5.74, 6) is -1.38. The number of hydrogen-bond donors (Lipinski definition) is 1. The maximum atomic E-state index is 14.8. The molecule has 2 aromatic heterocycles. The number of piperazine rings is 1. The molecule has 1 amide bonds. The van der Waals surface area contributed by atoms with E-state index in [1.54, 1.807) is 23.1 Å². The highest BCUT2D eigenvalue weighted by Crippen LogP contribution is 2.27. The summed E-state index contributed by atoms with van der Waals surface area (Å²) in [6.07, 6.45) is 0. The number of rotatable bonds is 3. The van der Waals surface area contributed by atoms with Crippen molar-refractivity contribution in [3.05, 3.63) is 58.5 Å². The third-order valence-electron chi connectivity index (χ3n) is 4.86. The number of nitrogens with zero attached hydrogens (tertiary/aromatic N) is 3. The highest BCUT2D eigenvalue weighted by atomic mass is 35.5. The molecule has 7 nitrogen and oxygen atoms in total. The van der Waals surface area contributed by atoms with Crippen LogP contribution in [0.15, 0.2) is 36.4 Å². The summed E-state index contributed by atoms with van der Waals surface area (Å²) in [5.41, 5.74) is 1.44. The number of aromatic nitrogens is 2. The van der Waals surface area contributed by atoms with Gasteiger partial charge in [0.05, 0.1) is 23.3 Å². The Labute approximate surface area is 171 Å². The second kappa shape index (κ2) is 7.81. The minimum atomic E-state index is -0.603. The monoisotopic (exact) mass is 416 g/mol. The molecule has 3 aromatic rings. The van der Waals surface area contributed by atoms with Gasteiger partial charge in [0.15, 0.2) is 5.69 Å². The minimum absolute atomic E-state index is 0.139. The molecule has 0 spiro atoms. The molecule has 29 heavy (non-hydrogen) atoms. The van der Waals surface area contributed by atoms with Crippen LogP contribution >= 0.6 is 11.6 Å². The number of amides is 1. The van der Waals surface area contributed by atoms with Crippen molar-refractivity contribution in [2.75, 3.05) is 33.3 Å². The van der Waals surface area contributed by atoms with E-state index in [2.05, 4.69) is 10.4 Å². The molecule has 0 aliphatic carbocycles. The summed E-state index contributed by atoms with van der Waals surface area (Å²) in [4.78, 5) is 26.2. The van der Waals surface area contributed by atoms with Gasteiger partial charge in [0.1, 0.15) is 5.82 Å². The van der Waals surface area contributed by atoms with E-state index < -0.39 is 11.8 Å². The fraction of sp³-hybridized carbons (Fsp3) is 0.250. The first-order valence-electron chi connectivity index (χ1n) is 9.06. The Morgan fingerprint density at radius 2 is 1.93 bits per heavy atom. The zero-order valence-corrected chi connectivity index (χ0v) is 16.4. The molecule has 0 bridgehead atoms. The summed E-state index contributed by atoms with van der Waals surface area (Å²) in [6.45, 7) is 2.62. The van der Waals surface area contributed by atoms with E-state index in [1.165, 1.54) is 29.8 Å². The van der Waals surface area contributed by atoms with E-state index in [1.807, 2.05) is 0 Å². The molecular weight excluding hydrogens is 399 g/mol. The number of fused-ring (bicyclic) bond motifs is 1. The van der Waals surface area contributed by atoms with E-state index in [0.717, 1.165) is 13.1 Å². The van der Waals surface area contributed by atoms with Gasteiger partial charge < -0.3 is 15.0 Å². The minimum Gasteiger partial charge on any atom is -0.464 e. The normalized spacial score (nSPS) is 14.2. The average molecular weight is 417 g/mol. The molecule has 3 heterocycles. The number of hydrogen-bond acceptors (Lipinski definition) is 5. The zero-order chi connectivity index (χ0) is 20.5. The van der Waals surface area contributed by atoms with Gasteiger partial charge in [-0.25, -0.2) is 13.7 Å². The van der Waals surface area contributed by atoms with Gasteiger partial charge >= 0.3 is 5.97 Å². The van der Waals surface area contributed by atoms with Crippen molar-refractivity contribution in [1.82, 2.24) is 19.8 Å². The van der Waals surface area contributed by atoms with Crippen molar-refractivity contribution in [3.63, 3.8) is 0 Å². The lowest BCUT2D eigenvalue weighted by atomic mass is 10.1. The van der Waals surface area contributed by atoms with Gasteiger partial charge in [0, 0.05) is 37.3 Å². The van der Waals surface area contributed by atoms with Gasteiger partial charge in [-0.1, -0.05) is 11.6 Å². The van der Waals surface area contributed by atoms with Crippen LogP contribution in [-0.4, -0.2) is 59.7 Å². The van der Waals surface area contributed by atoms with E-state index in [9.17, 15) is 14.0 Å². The number of nitrogens with one attached hydrogen (secondary N) is 1. The third kappa shape index (κ3) is 3.56. The second-order valence-electron chi connectivity index (χ2n) is 6.62. The van der Waals surface area contributed by atoms with E-state index in [0.29, 0.717) is 29.3 Å². The predicted octanol–water partition coefficient (Wildman–Crippen LogP) is 2.63. The Morgan fingerprint density at radius 1 is 1.17 bits per heavy atom. The van der Waals surface area contributed by atoms with Crippen LogP contribution in [0.5, 0.6) is 0 Å². The molecule has 1 aliphatic heterocycles. The molecule has 0 atom stereocenters. The van der Waals surface area contributed by atoms with Crippen LogP contribution in [-0.2, 0) is 4.74 Å². The molecular formula is C20H18ClFN4O3. The highest BCUT2D eigenvalue weighted by Gasteiger charge is 2.21. The lowest BCUT2D eigenvalue weighted by Crippen LogP contribution is -2.46. The van der Waals surface area contributed by atoms with Gasteiger partial charge in [-0.05, 0) is 36.4 Å². The standard InChI is InChI=1S/C20H18ClFN4O3/c1-29-20(28)18-11-14(21)17-5-4-16(24-26(17)18)13-3-2-12(10-15(13)22)19(27)25-8-6-23-7-9-25/h2-5,10-11,23H,6-9H2,1H3. The Kier molecular flexibility index (Phi) is 5.21. The average Bonchev–Trinajstić information content (AvgIpc) is 3.09. The summed E-state index contributed by atoms with van der Waals surface area (Å²) in [5, 5.41) is 7.86. The van der Waals surface area contributed by atoms with Gasteiger partial charge in [-0.3, -0.25) is 4.79 Å². The van der Waals surface area contributed by atoms with Gasteiger partial charge in [0.25, 0.3) is 5.91 Å². The SMILES string of the molecule is COC(=O)c1cc(Cl)c2ccc(-c3ccc(C(=O)N4CCNCC4)cc3F)nn12. The molecule has 0 saturated carbocycles. The summed E-state index contributed by atoms with van der Waals surface area (Å²) >= 11 is 6.15. The van der Waals surface area contributed by atoms with Crippen molar-refractivity contribution < 1.29 is 18.7 Å². The Hall–Kier alpha value is -2.97. The first-order valence-corrected chi connectivity index (χ1v) is 9.44. The Bertz CT molecular complexity index is 1110. The largest absolute Gasteiger partial charge is 0.464 e. The highest BCUT2D eigenvalue weighted by molar-refractivity contribution is 6.34. The van der Waals surface area contributed by atoms with Crippen LogP contribution in [0.3, 0.4) is 0 Å². The number of halogens is 2. The first-order chi connectivity index (χ1) is 14.0. The van der Waals surface area contributed by atoms with Crippen molar-refractivity contribution >= 4 is 29.0 Å². The zero-order valence-electron chi connectivity index (χ0n) is 15.6. The number of methoxy groups -OCH3 is 1. The lowest BCUT2D eigenvalue weighted by Gasteiger charge is -2.27. The number of benzene rings is 1. The molecule has 1 saturated heterocycles. The Balaban J connectivity index is 1.70. The van der Waals surface area contributed by atoms with Crippen LogP contribution in [0.1, 0.15) is 20.8 Å². The number of ether oxygens (including phenoxy) is 1. The van der Waals surface area contributed by atoms with Gasteiger partial charge in [0.2, 0.25) is 0 Å². The molecule has 9 heteroatoms. The number of carbonyl (C=O) groups is 2. The van der Waals surface area contributed by atoms with E-state index in [-0.39, 0.29) is 22.7 Å².